The third-order valence-electron chi connectivity index (χ3n) is 2.25. The molecule has 0 saturated heterocycles. The number of hydrogen-bond donors (Lipinski definition) is 1. The van der Waals surface area contributed by atoms with Gasteiger partial charge in [0.15, 0.2) is 0 Å². The zero-order valence-electron chi connectivity index (χ0n) is 8.31. The molecule has 0 amide bonds. The molecule has 2 aromatic rings. The van der Waals surface area contributed by atoms with Crippen LogP contribution in [0.1, 0.15) is 11.4 Å². The molecule has 15 heavy (non-hydrogen) atoms. The average Bonchev–Trinajstić information content (AvgIpc) is 2.61. The highest BCUT2D eigenvalue weighted by Gasteiger charge is 2.07. The summed E-state index contributed by atoms with van der Waals surface area (Å²) in [6.45, 7) is 2.23. The van der Waals surface area contributed by atoms with Crippen molar-refractivity contribution in [3.05, 3.63) is 41.5 Å². The molecule has 0 saturated carbocycles. The van der Waals surface area contributed by atoms with Crippen LogP contribution in [0.5, 0.6) is 0 Å². The first-order valence-electron chi connectivity index (χ1n) is 4.59. The first kappa shape index (κ1) is 9.79. The van der Waals surface area contributed by atoms with Gasteiger partial charge in [-0.2, -0.15) is 0 Å². The first-order chi connectivity index (χ1) is 7.22. The van der Waals surface area contributed by atoms with Crippen LogP contribution in [0, 0.1) is 12.7 Å². The number of rotatable bonds is 2. The van der Waals surface area contributed by atoms with E-state index in [0.717, 1.165) is 17.1 Å². The van der Waals surface area contributed by atoms with Gasteiger partial charge in [-0.25, -0.2) is 9.07 Å². The molecule has 0 radical (unpaired) electrons. The van der Waals surface area contributed by atoms with Gasteiger partial charge in [0.05, 0.1) is 17.1 Å². The topological polar surface area (TPSA) is 56.7 Å². The molecule has 2 N–H and O–H groups in total. The molecule has 0 spiro atoms. The highest BCUT2D eigenvalue weighted by atomic mass is 19.1. The third-order valence-corrected chi connectivity index (χ3v) is 2.25. The van der Waals surface area contributed by atoms with Gasteiger partial charge in [-0.15, -0.1) is 5.10 Å². The Kier molecular flexibility index (Phi) is 2.47. The SMILES string of the molecule is Cc1c(CN)nnn1-c1ccc(F)cc1. The van der Waals surface area contributed by atoms with Crippen molar-refractivity contribution in [1.82, 2.24) is 15.0 Å². The Morgan fingerprint density at radius 2 is 2.00 bits per heavy atom. The van der Waals surface area contributed by atoms with Crippen LogP contribution in [-0.4, -0.2) is 15.0 Å². The first-order valence-corrected chi connectivity index (χ1v) is 4.59. The summed E-state index contributed by atoms with van der Waals surface area (Å²) in [5.74, 6) is -0.268. The smallest absolute Gasteiger partial charge is 0.123 e. The number of halogens is 1. The molecule has 1 aromatic carbocycles. The van der Waals surface area contributed by atoms with Gasteiger partial charge < -0.3 is 5.73 Å². The van der Waals surface area contributed by atoms with E-state index in [1.807, 2.05) is 6.92 Å². The maximum absolute atomic E-state index is 12.7. The molecule has 5 heteroatoms. The zero-order valence-corrected chi connectivity index (χ0v) is 8.31. The van der Waals surface area contributed by atoms with Crippen LogP contribution >= 0.6 is 0 Å². The number of aromatic nitrogens is 3. The predicted octanol–water partition coefficient (Wildman–Crippen LogP) is 1.17. The second-order valence-electron chi connectivity index (χ2n) is 3.21. The third kappa shape index (κ3) is 1.73. The van der Waals surface area contributed by atoms with Crippen molar-refractivity contribution < 1.29 is 4.39 Å². The number of nitrogens with two attached hydrogens (primary N) is 1. The van der Waals surface area contributed by atoms with E-state index in [4.69, 9.17) is 5.73 Å². The van der Waals surface area contributed by atoms with Gasteiger partial charge >= 0.3 is 0 Å². The van der Waals surface area contributed by atoms with E-state index >= 15 is 0 Å². The molecule has 0 aliphatic rings. The summed E-state index contributed by atoms with van der Waals surface area (Å²) >= 11 is 0. The molecule has 0 unspecified atom stereocenters. The lowest BCUT2D eigenvalue weighted by Gasteiger charge is -2.02. The quantitative estimate of drug-likeness (QED) is 0.802. The summed E-state index contributed by atoms with van der Waals surface area (Å²) in [4.78, 5) is 0. The predicted molar refractivity (Wildman–Crippen MR) is 53.9 cm³/mol. The maximum atomic E-state index is 12.7. The van der Waals surface area contributed by atoms with E-state index in [9.17, 15) is 4.39 Å². The Hall–Kier alpha value is -1.75. The van der Waals surface area contributed by atoms with Crippen LogP contribution in [0.3, 0.4) is 0 Å². The zero-order chi connectivity index (χ0) is 10.8. The largest absolute Gasteiger partial charge is 0.325 e. The Bertz CT molecular complexity index is 461. The van der Waals surface area contributed by atoms with E-state index < -0.39 is 0 Å². The minimum Gasteiger partial charge on any atom is -0.325 e. The molecule has 2 rings (SSSR count). The molecular formula is C10H11FN4. The van der Waals surface area contributed by atoms with Crippen molar-refractivity contribution in [2.75, 3.05) is 0 Å². The highest BCUT2D eigenvalue weighted by Crippen LogP contribution is 2.12. The average molecular weight is 206 g/mol. The van der Waals surface area contributed by atoms with E-state index in [1.165, 1.54) is 12.1 Å². The van der Waals surface area contributed by atoms with Gasteiger partial charge in [-0.3, -0.25) is 0 Å². The number of nitrogens with zero attached hydrogens (tertiary/aromatic N) is 3. The molecule has 78 valence electrons. The van der Waals surface area contributed by atoms with Crippen LogP contribution < -0.4 is 5.73 Å². The summed E-state index contributed by atoms with van der Waals surface area (Å²) in [6.07, 6.45) is 0. The molecule has 0 fully saturated rings. The molecule has 0 atom stereocenters. The Morgan fingerprint density at radius 3 is 2.53 bits per heavy atom. The fraction of sp³-hybridized carbons (Fsp3) is 0.200. The van der Waals surface area contributed by atoms with Crippen LogP contribution in [-0.2, 0) is 6.54 Å². The summed E-state index contributed by atoms with van der Waals surface area (Å²) in [6, 6.07) is 6.08. The van der Waals surface area contributed by atoms with Crippen LogP contribution in [0.2, 0.25) is 0 Å². The van der Waals surface area contributed by atoms with Gasteiger partial charge in [0.1, 0.15) is 5.82 Å². The minimum atomic E-state index is -0.268. The summed E-state index contributed by atoms with van der Waals surface area (Å²) in [7, 11) is 0. The van der Waals surface area contributed by atoms with Crippen LogP contribution in [0.25, 0.3) is 5.69 Å². The van der Waals surface area contributed by atoms with Gasteiger partial charge in [0.2, 0.25) is 0 Å². The van der Waals surface area contributed by atoms with Crippen molar-refractivity contribution in [2.24, 2.45) is 5.73 Å². The molecule has 0 bridgehead atoms. The van der Waals surface area contributed by atoms with Gasteiger partial charge in [-0.05, 0) is 31.2 Å². The molecule has 0 aliphatic heterocycles. The second-order valence-corrected chi connectivity index (χ2v) is 3.21. The van der Waals surface area contributed by atoms with Crippen LogP contribution in [0.4, 0.5) is 4.39 Å². The Balaban J connectivity index is 2.45. The second kappa shape index (κ2) is 3.78. The highest BCUT2D eigenvalue weighted by molar-refractivity contribution is 5.33. The Labute approximate surface area is 86.5 Å². The van der Waals surface area contributed by atoms with Gasteiger partial charge in [-0.1, -0.05) is 5.21 Å². The van der Waals surface area contributed by atoms with Crippen molar-refractivity contribution in [3.8, 4) is 5.69 Å². The lowest BCUT2D eigenvalue weighted by atomic mass is 10.3. The van der Waals surface area contributed by atoms with Crippen molar-refractivity contribution >= 4 is 0 Å². The lowest BCUT2D eigenvalue weighted by Crippen LogP contribution is -2.02. The molecule has 0 aliphatic carbocycles. The minimum absolute atomic E-state index is 0.268. The van der Waals surface area contributed by atoms with E-state index in [-0.39, 0.29) is 5.82 Å². The standard InChI is InChI=1S/C10H11FN4/c1-7-10(6-12)13-14-15(7)9-4-2-8(11)3-5-9/h2-5H,6,12H2,1H3. The van der Waals surface area contributed by atoms with Crippen LogP contribution in [0.15, 0.2) is 24.3 Å². The normalized spacial score (nSPS) is 10.6. The van der Waals surface area contributed by atoms with Crippen molar-refractivity contribution in [1.29, 1.82) is 0 Å². The lowest BCUT2D eigenvalue weighted by molar-refractivity contribution is 0.626. The van der Waals surface area contributed by atoms with Crippen molar-refractivity contribution in [3.63, 3.8) is 0 Å². The summed E-state index contributed by atoms with van der Waals surface area (Å²) < 4.78 is 14.3. The monoisotopic (exact) mass is 206 g/mol. The van der Waals surface area contributed by atoms with E-state index in [1.54, 1.807) is 16.8 Å². The fourth-order valence-corrected chi connectivity index (χ4v) is 1.38. The maximum Gasteiger partial charge on any atom is 0.123 e. The van der Waals surface area contributed by atoms with E-state index in [0.29, 0.717) is 6.54 Å². The summed E-state index contributed by atoms with van der Waals surface area (Å²) in [5.41, 5.74) is 7.90. The van der Waals surface area contributed by atoms with E-state index in [2.05, 4.69) is 10.3 Å². The number of benzene rings is 1. The fourth-order valence-electron chi connectivity index (χ4n) is 1.38. The molecular weight excluding hydrogens is 195 g/mol. The molecule has 4 nitrogen and oxygen atoms in total. The van der Waals surface area contributed by atoms with Crippen molar-refractivity contribution in [2.45, 2.75) is 13.5 Å². The summed E-state index contributed by atoms with van der Waals surface area (Å²) in [5, 5.41) is 7.88. The molecule has 1 heterocycles. The number of hydrogen-bond acceptors (Lipinski definition) is 3. The van der Waals surface area contributed by atoms with Gasteiger partial charge in [0.25, 0.3) is 0 Å². The van der Waals surface area contributed by atoms with Gasteiger partial charge in [0, 0.05) is 6.54 Å². The molecule has 1 aromatic heterocycles. The Morgan fingerprint density at radius 1 is 1.33 bits per heavy atom.